The summed E-state index contributed by atoms with van der Waals surface area (Å²) in [4.78, 5) is 23.7. The van der Waals surface area contributed by atoms with Crippen LogP contribution in [0, 0.1) is 11.6 Å². The van der Waals surface area contributed by atoms with Crippen LogP contribution >= 0.6 is 15.9 Å². The minimum atomic E-state index is -1.35. The average molecular weight is 446 g/mol. The second-order valence-corrected chi connectivity index (χ2v) is 6.22. The van der Waals surface area contributed by atoms with Crippen LogP contribution in [0.5, 0.6) is 5.75 Å². The summed E-state index contributed by atoms with van der Waals surface area (Å²) in [6.45, 7) is 0.616. The fourth-order valence-electron chi connectivity index (χ4n) is 2.11. The Labute approximate surface area is 161 Å². The average Bonchev–Trinajstić information content (AvgIpc) is 2.63. The Kier molecular flexibility index (Phi) is 7.23. The molecule has 0 atom stereocenters. The molecule has 27 heavy (non-hydrogen) atoms. The molecule has 0 spiro atoms. The van der Waals surface area contributed by atoms with Gasteiger partial charge in [-0.2, -0.15) is 5.12 Å². The lowest BCUT2D eigenvalue weighted by atomic mass is 10.1. The quantitative estimate of drug-likeness (QED) is 0.473. The number of ether oxygens (including phenoxy) is 2. The number of carbonyl (C=O) groups excluding carboxylic acids is 2. The first-order valence-corrected chi connectivity index (χ1v) is 8.60. The van der Waals surface area contributed by atoms with Crippen LogP contribution in [0.2, 0.25) is 0 Å². The van der Waals surface area contributed by atoms with Gasteiger partial charge in [0.05, 0.1) is 18.7 Å². The Balaban J connectivity index is 2.20. The molecule has 0 radical (unpaired) electrons. The molecule has 0 N–H and O–H groups in total. The van der Waals surface area contributed by atoms with Gasteiger partial charge in [0.15, 0.2) is 18.2 Å². The number of halogens is 4. The van der Waals surface area contributed by atoms with Gasteiger partial charge in [0.25, 0.3) is 5.91 Å². The van der Waals surface area contributed by atoms with Crippen molar-refractivity contribution in [1.82, 2.24) is 5.12 Å². The van der Waals surface area contributed by atoms with Gasteiger partial charge in [-0.3, -0.25) is 4.79 Å². The van der Waals surface area contributed by atoms with Crippen LogP contribution < -0.4 is 4.74 Å². The molecule has 0 aromatic heterocycles. The monoisotopic (exact) mass is 445 g/mol. The zero-order valence-corrected chi connectivity index (χ0v) is 15.8. The molecule has 0 unspecified atom stereocenters. The van der Waals surface area contributed by atoms with Gasteiger partial charge < -0.3 is 9.47 Å². The minimum absolute atomic E-state index is 0.0945. The first kappa shape index (κ1) is 20.8. The normalized spacial score (nSPS) is 10.4. The van der Waals surface area contributed by atoms with E-state index in [0.717, 1.165) is 4.47 Å². The number of hydrogen-bond acceptors (Lipinski definition) is 4. The van der Waals surface area contributed by atoms with Crippen molar-refractivity contribution in [2.45, 2.75) is 13.5 Å². The van der Waals surface area contributed by atoms with Crippen molar-refractivity contribution in [2.24, 2.45) is 0 Å². The Morgan fingerprint density at radius 2 is 1.74 bits per heavy atom. The maximum atomic E-state index is 14.3. The SMILES string of the molecule is CCOC(=O)COc1cc(F)c(F)cc1C(=O)N(F)Cc1ccc(Br)cc1. The molecule has 0 fully saturated rings. The molecule has 0 aliphatic heterocycles. The lowest BCUT2D eigenvalue weighted by Gasteiger charge is -2.15. The topological polar surface area (TPSA) is 55.8 Å². The van der Waals surface area contributed by atoms with Crippen molar-refractivity contribution in [3.8, 4) is 5.75 Å². The smallest absolute Gasteiger partial charge is 0.344 e. The van der Waals surface area contributed by atoms with Crippen LogP contribution in [0.25, 0.3) is 0 Å². The Hall–Kier alpha value is -2.55. The summed E-state index contributed by atoms with van der Waals surface area (Å²) in [6, 6.07) is 7.61. The van der Waals surface area contributed by atoms with Crippen molar-refractivity contribution < 1.29 is 32.3 Å². The van der Waals surface area contributed by atoms with E-state index >= 15 is 0 Å². The van der Waals surface area contributed by atoms with Crippen LogP contribution in [0.3, 0.4) is 0 Å². The van der Waals surface area contributed by atoms with E-state index in [0.29, 0.717) is 17.7 Å². The number of nitrogens with zero attached hydrogens (tertiary/aromatic N) is 1. The summed E-state index contributed by atoms with van der Waals surface area (Å²) >= 11 is 3.24. The summed E-state index contributed by atoms with van der Waals surface area (Å²) in [6.07, 6.45) is 0. The molecule has 0 aliphatic rings. The van der Waals surface area contributed by atoms with Gasteiger partial charge >= 0.3 is 5.97 Å². The molecule has 144 valence electrons. The van der Waals surface area contributed by atoms with E-state index in [4.69, 9.17) is 4.74 Å². The van der Waals surface area contributed by atoms with E-state index in [2.05, 4.69) is 20.7 Å². The van der Waals surface area contributed by atoms with Gasteiger partial charge in [-0.15, -0.1) is 0 Å². The molecule has 0 saturated carbocycles. The molecular formula is C18H15BrF3NO4. The van der Waals surface area contributed by atoms with Gasteiger partial charge in [0.1, 0.15) is 5.75 Å². The predicted molar refractivity (Wildman–Crippen MR) is 93.6 cm³/mol. The Bertz CT molecular complexity index is 830. The van der Waals surface area contributed by atoms with Crippen molar-refractivity contribution in [1.29, 1.82) is 0 Å². The lowest BCUT2D eigenvalue weighted by Crippen LogP contribution is -2.24. The third-order valence-electron chi connectivity index (χ3n) is 3.36. The minimum Gasteiger partial charge on any atom is -0.481 e. The standard InChI is InChI=1S/C18H15BrF3NO4/c1-2-26-17(24)10-27-16-8-15(21)14(20)7-13(16)18(25)23(22)9-11-3-5-12(19)6-4-11/h3-8H,2,9-10H2,1H3. The van der Waals surface area contributed by atoms with E-state index in [1.54, 1.807) is 31.2 Å². The van der Waals surface area contributed by atoms with Gasteiger partial charge in [-0.05, 0) is 30.7 Å². The van der Waals surface area contributed by atoms with Crippen molar-refractivity contribution in [3.05, 3.63) is 63.6 Å². The number of carbonyl (C=O) groups is 2. The molecule has 0 aliphatic carbocycles. The summed E-state index contributed by atoms with van der Waals surface area (Å²) in [7, 11) is 0. The molecule has 5 nitrogen and oxygen atoms in total. The third-order valence-corrected chi connectivity index (χ3v) is 3.89. The first-order chi connectivity index (χ1) is 12.8. The fraction of sp³-hybridized carbons (Fsp3) is 0.222. The van der Waals surface area contributed by atoms with E-state index < -0.39 is 48.0 Å². The number of amides is 1. The number of rotatable bonds is 7. The van der Waals surface area contributed by atoms with Gasteiger partial charge in [0.2, 0.25) is 0 Å². The number of benzene rings is 2. The van der Waals surface area contributed by atoms with E-state index in [-0.39, 0.29) is 11.7 Å². The van der Waals surface area contributed by atoms with E-state index in [9.17, 15) is 22.9 Å². The maximum Gasteiger partial charge on any atom is 0.344 e. The Morgan fingerprint density at radius 1 is 1.11 bits per heavy atom. The second kappa shape index (κ2) is 9.40. The van der Waals surface area contributed by atoms with Gasteiger partial charge in [0, 0.05) is 10.5 Å². The highest BCUT2D eigenvalue weighted by molar-refractivity contribution is 9.10. The van der Waals surface area contributed by atoms with Crippen LogP contribution in [0.15, 0.2) is 40.9 Å². The van der Waals surface area contributed by atoms with Crippen LogP contribution in [-0.4, -0.2) is 30.2 Å². The highest BCUT2D eigenvalue weighted by Gasteiger charge is 2.23. The maximum absolute atomic E-state index is 14.3. The van der Waals surface area contributed by atoms with Crippen molar-refractivity contribution in [3.63, 3.8) is 0 Å². The van der Waals surface area contributed by atoms with E-state index in [1.807, 2.05) is 0 Å². The highest BCUT2D eigenvalue weighted by Crippen LogP contribution is 2.25. The molecule has 0 saturated heterocycles. The molecular weight excluding hydrogens is 431 g/mol. The summed E-state index contributed by atoms with van der Waals surface area (Å²) in [5.74, 6) is -5.13. The zero-order valence-electron chi connectivity index (χ0n) is 14.2. The molecule has 9 heteroatoms. The van der Waals surface area contributed by atoms with Crippen LogP contribution in [0.4, 0.5) is 13.3 Å². The molecule has 0 heterocycles. The molecule has 2 aromatic rings. The highest BCUT2D eigenvalue weighted by atomic mass is 79.9. The zero-order chi connectivity index (χ0) is 20.0. The lowest BCUT2D eigenvalue weighted by molar-refractivity contribution is -0.145. The Morgan fingerprint density at radius 3 is 2.37 bits per heavy atom. The summed E-state index contributed by atoms with van der Waals surface area (Å²) < 4.78 is 51.8. The van der Waals surface area contributed by atoms with Gasteiger partial charge in [-0.1, -0.05) is 32.5 Å². The molecule has 1 amide bonds. The van der Waals surface area contributed by atoms with Crippen LogP contribution in [-0.2, 0) is 16.1 Å². The molecule has 2 aromatic carbocycles. The molecule has 2 rings (SSSR count). The largest absolute Gasteiger partial charge is 0.481 e. The molecule has 0 bridgehead atoms. The van der Waals surface area contributed by atoms with Gasteiger partial charge in [-0.25, -0.2) is 13.6 Å². The second-order valence-electron chi connectivity index (χ2n) is 5.31. The van der Waals surface area contributed by atoms with Crippen molar-refractivity contribution in [2.75, 3.05) is 13.2 Å². The number of hydrogen-bond donors (Lipinski definition) is 0. The fourth-order valence-corrected chi connectivity index (χ4v) is 2.37. The predicted octanol–water partition coefficient (Wildman–Crippen LogP) is 4.20. The number of esters is 1. The summed E-state index contributed by atoms with van der Waals surface area (Å²) in [5.41, 5.74) is -0.0802. The van der Waals surface area contributed by atoms with E-state index in [1.165, 1.54) is 0 Å². The van der Waals surface area contributed by atoms with Crippen LogP contribution in [0.1, 0.15) is 22.8 Å². The first-order valence-electron chi connectivity index (χ1n) is 7.81. The summed E-state index contributed by atoms with van der Waals surface area (Å²) in [5, 5.41) is -0.160. The third kappa shape index (κ3) is 5.72. The van der Waals surface area contributed by atoms with Crippen molar-refractivity contribution >= 4 is 27.8 Å².